The fraction of sp³-hybridized carbons (Fsp3) is 0.375. The number of amides is 1. The van der Waals surface area contributed by atoms with Gasteiger partial charge in [-0.3, -0.25) is 4.79 Å². The first-order valence-corrected chi connectivity index (χ1v) is 10.7. The van der Waals surface area contributed by atoms with E-state index in [1.807, 2.05) is 31.2 Å². The first-order valence-electron chi connectivity index (χ1n) is 10.3. The van der Waals surface area contributed by atoms with Gasteiger partial charge >= 0.3 is 5.91 Å². The number of rotatable bonds is 7. The second-order valence-electron chi connectivity index (χ2n) is 7.77. The van der Waals surface area contributed by atoms with Crippen LogP contribution in [0, 0.1) is 0 Å². The molecule has 0 radical (unpaired) electrons. The van der Waals surface area contributed by atoms with Crippen molar-refractivity contribution in [1.82, 2.24) is 0 Å². The first-order chi connectivity index (χ1) is 14.4. The molecule has 2 aromatic rings. The molecule has 1 aliphatic heterocycles. The molecule has 0 spiro atoms. The Labute approximate surface area is 183 Å². The maximum absolute atomic E-state index is 13.6. The van der Waals surface area contributed by atoms with Crippen LogP contribution in [0.5, 0.6) is 5.75 Å². The fourth-order valence-corrected chi connectivity index (χ4v) is 5.06. The Bertz CT molecular complexity index is 909. The molecule has 1 fully saturated rings. The van der Waals surface area contributed by atoms with Crippen LogP contribution in [-0.2, 0) is 22.2 Å². The number of carbonyl (C=O) groups excluding carboxylic acids is 3. The number of benzene rings is 2. The van der Waals surface area contributed by atoms with E-state index in [1.165, 1.54) is 0 Å². The third-order valence-corrected chi connectivity index (χ3v) is 6.27. The van der Waals surface area contributed by atoms with Gasteiger partial charge in [0.05, 0.1) is 25.3 Å². The van der Waals surface area contributed by atoms with Crippen LogP contribution in [0.25, 0.3) is 0 Å². The number of ether oxygens (including phenoxy) is 1. The van der Waals surface area contributed by atoms with Gasteiger partial charge in [0, 0.05) is 11.5 Å². The number of Topliss-reactive ketones (excluding diaryl/α,β-unsaturated/α-hetero) is 1. The van der Waals surface area contributed by atoms with Gasteiger partial charge in [0.2, 0.25) is 0 Å². The molecule has 0 aromatic heterocycles. The molecule has 3 unspecified atom stereocenters. The van der Waals surface area contributed by atoms with Gasteiger partial charge in [-0.15, -0.1) is 0 Å². The summed E-state index contributed by atoms with van der Waals surface area (Å²) in [6, 6.07) is 15.3. The number of quaternary nitrogens is 1. The number of hydrogen-bond donors (Lipinski definition) is 0. The van der Waals surface area contributed by atoms with Crippen LogP contribution in [0.3, 0.4) is 0 Å². The van der Waals surface area contributed by atoms with Crippen LogP contribution >= 0.6 is 0 Å². The number of hydrogen-bond acceptors (Lipinski definition) is 5. The summed E-state index contributed by atoms with van der Waals surface area (Å²) in [7, 11) is 1.60. The van der Waals surface area contributed by atoms with Crippen LogP contribution in [0.2, 0.25) is 0 Å². The highest BCUT2D eigenvalue weighted by Gasteiger charge is 2.53. The van der Waals surface area contributed by atoms with Crippen LogP contribution < -0.4 is 4.74 Å². The molecule has 1 aliphatic rings. The van der Waals surface area contributed by atoms with Gasteiger partial charge in [-0.25, -0.2) is 9.28 Å². The van der Waals surface area contributed by atoms with Crippen molar-refractivity contribution in [2.75, 3.05) is 20.2 Å². The number of ketones is 1. The standard InChI is InChI=1S/C24H27NO4S/c1-3-15-25(23(27)22(26)18-8-5-4-6-9-18)16-7-10-20(21(25)24(28)30)17-11-13-19(29-2)14-12-17/h4-6,8-9,11-14,20-21H,3,7,10,15-16H2,1-2H3. The van der Waals surface area contributed by atoms with Crippen molar-refractivity contribution in [2.45, 2.75) is 38.1 Å². The second-order valence-corrected chi connectivity index (χ2v) is 8.17. The van der Waals surface area contributed by atoms with Crippen molar-refractivity contribution in [1.29, 1.82) is 0 Å². The molecule has 0 aliphatic carbocycles. The Morgan fingerprint density at radius 1 is 1.07 bits per heavy atom. The monoisotopic (exact) mass is 425 g/mol. The maximum Gasteiger partial charge on any atom is 0.387 e. The quantitative estimate of drug-likeness (QED) is 0.293. The van der Waals surface area contributed by atoms with E-state index in [2.05, 4.69) is 0 Å². The van der Waals surface area contributed by atoms with E-state index in [0.717, 1.165) is 24.2 Å². The SMILES string of the molecule is CCC[N+]1(C(=O)C(=O)c2ccccc2)CCCC(c2ccc(OC)cc2)C1C(=O)[S-]. The minimum Gasteiger partial charge on any atom is -0.736 e. The van der Waals surface area contributed by atoms with E-state index in [1.54, 1.807) is 37.4 Å². The van der Waals surface area contributed by atoms with Gasteiger partial charge < -0.3 is 22.2 Å². The molecule has 158 valence electrons. The lowest BCUT2D eigenvalue weighted by Crippen LogP contribution is -2.68. The predicted molar refractivity (Wildman–Crippen MR) is 117 cm³/mol. The highest BCUT2D eigenvalue weighted by atomic mass is 32.1. The van der Waals surface area contributed by atoms with Crippen LogP contribution in [0.15, 0.2) is 54.6 Å². The zero-order valence-corrected chi connectivity index (χ0v) is 18.2. The molecular weight excluding hydrogens is 398 g/mol. The molecule has 0 saturated carbocycles. The normalized spacial score (nSPS) is 23.5. The van der Waals surface area contributed by atoms with Crippen LogP contribution in [-0.4, -0.2) is 47.5 Å². The predicted octanol–water partition coefficient (Wildman–Crippen LogP) is 3.65. The molecule has 30 heavy (non-hydrogen) atoms. The lowest BCUT2D eigenvalue weighted by atomic mass is 9.81. The molecule has 2 aromatic carbocycles. The molecule has 0 bridgehead atoms. The second kappa shape index (κ2) is 9.49. The molecule has 5 nitrogen and oxygen atoms in total. The van der Waals surface area contributed by atoms with E-state index in [0.29, 0.717) is 25.1 Å². The minimum absolute atomic E-state index is 0.191. The molecule has 1 heterocycles. The zero-order chi connectivity index (χ0) is 21.7. The van der Waals surface area contributed by atoms with Crippen LogP contribution in [0.1, 0.15) is 48.0 Å². The lowest BCUT2D eigenvalue weighted by Gasteiger charge is -2.49. The number of nitrogens with zero attached hydrogens (tertiary/aromatic N) is 1. The summed E-state index contributed by atoms with van der Waals surface area (Å²) in [6.45, 7) is 2.82. The summed E-state index contributed by atoms with van der Waals surface area (Å²) < 4.78 is 5.05. The smallest absolute Gasteiger partial charge is 0.387 e. The van der Waals surface area contributed by atoms with E-state index < -0.39 is 22.8 Å². The van der Waals surface area contributed by atoms with Crippen molar-refractivity contribution in [3.8, 4) is 5.75 Å². The van der Waals surface area contributed by atoms with Crippen molar-refractivity contribution in [3.05, 3.63) is 65.7 Å². The van der Waals surface area contributed by atoms with Gasteiger partial charge in [0.25, 0.3) is 5.78 Å². The molecule has 1 saturated heterocycles. The van der Waals surface area contributed by atoms with E-state index in [-0.39, 0.29) is 10.4 Å². The molecular formula is C24H27NO4S. The van der Waals surface area contributed by atoms with E-state index >= 15 is 0 Å². The fourth-order valence-electron chi connectivity index (χ4n) is 4.70. The number of carbonyl (C=O) groups is 3. The van der Waals surface area contributed by atoms with Gasteiger partial charge in [-0.05, 0) is 37.0 Å². The summed E-state index contributed by atoms with van der Waals surface area (Å²) in [5.41, 5.74) is 1.29. The lowest BCUT2D eigenvalue weighted by molar-refractivity contribution is -0.873. The molecule has 3 rings (SSSR count). The Hall–Kier alpha value is -2.57. The summed E-state index contributed by atoms with van der Waals surface area (Å²) in [4.78, 5) is 39.5. The van der Waals surface area contributed by atoms with Gasteiger partial charge in [-0.2, -0.15) is 0 Å². The largest absolute Gasteiger partial charge is 0.736 e. The number of methoxy groups -OCH3 is 1. The molecule has 0 N–H and O–H groups in total. The number of piperidine rings is 1. The van der Waals surface area contributed by atoms with Crippen molar-refractivity contribution in [3.63, 3.8) is 0 Å². The van der Waals surface area contributed by atoms with E-state index in [9.17, 15) is 14.4 Å². The van der Waals surface area contributed by atoms with E-state index in [4.69, 9.17) is 17.4 Å². The zero-order valence-electron chi connectivity index (χ0n) is 17.4. The minimum atomic E-state index is -0.748. The van der Waals surface area contributed by atoms with Crippen molar-refractivity contribution >= 4 is 29.4 Å². The molecule has 1 amide bonds. The Morgan fingerprint density at radius 2 is 1.73 bits per heavy atom. The van der Waals surface area contributed by atoms with Crippen LogP contribution in [0.4, 0.5) is 0 Å². The first kappa shape index (κ1) is 22.1. The van der Waals surface area contributed by atoms with Crippen molar-refractivity contribution in [2.24, 2.45) is 0 Å². The Kier molecular flexibility index (Phi) is 7.00. The summed E-state index contributed by atoms with van der Waals surface area (Å²) in [5.74, 6) is -0.584. The molecule has 6 heteroatoms. The average molecular weight is 426 g/mol. The van der Waals surface area contributed by atoms with Gasteiger partial charge in [0.15, 0.2) is 0 Å². The highest BCUT2D eigenvalue weighted by molar-refractivity contribution is 7.77. The average Bonchev–Trinajstić information content (AvgIpc) is 2.78. The third kappa shape index (κ3) is 4.16. The highest BCUT2D eigenvalue weighted by Crippen LogP contribution is 2.39. The third-order valence-electron chi connectivity index (χ3n) is 6.03. The van der Waals surface area contributed by atoms with Crippen molar-refractivity contribution < 1.29 is 23.6 Å². The topological polar surface area (TPSA) is 60.4 Å². The Balaban J connectivity index is 2.05. The summed E-state index contributed by atoms with van der Waals surface area (Å²) in [6.07, 6.45) is 2.15. The summed E-state index contributed by atoms with van der Waals surface area (Å²) >= 11 is 5.17. The maximum atomic E-state index is 13.6. The van der Waals surface area contributed by atoms with Gasteiger partial charge in [-0.1, -0.05) is 49.4 Å². The Morgan fingerprint density at radius 3 is 2.30 bits per heavy atom. The van der Waals surface area contributed by atoms with Gasteiger partial charge in [0.1, 0.15) is 11.8 Å². The molecule has 3 atom stereocenters. The summed E-state index contributed by atoms with van der Waals surface area (Å²) in [5, 5.41) is -0.460. The number of likely N-dealkylation sites (tertiary alicyclic amines) is 1.